The number of nitrogens with zero attached hydrogens (tertiary/aromatic N) is 1. The quantitative estimate of drug-likeness (QED) is 0.821. The second kappa shape index (κ2) is 5.51. The minimum Gasteiger partial charge on any atom is -0.465 e. The highest BCUT2D eigenvalue weighted by atomic mass is 32.2. The highest BCUT2D eigenvalue weighted by Gasteiger charge is 2.31. The Morgan fingerprint density at radius 2 is 2.15 bits per heavy atom. The highest BCUT2D eigenvalue weighted by Crippen LogP contribution is 2.23. The number of carbonyl (C=O) groups is 1. The van der Waals surface area contributed by atoms with E-state index in [0.717, 1.165) is 0 Å². The molecule has 0 amide bonds. The van der Waals surface area contributed by atoms with Crippen molar-refractivity contribution in [3.05, 3.63) is 29.3 Å². The van der Waals surface area contributed by atoms with E-state index in [1.54, 1.807) is 6.92 Å². The van der Waals surface area contributed by atoms with Crippen LogP contribution in [-0.4, -0.2) is 44.9 Å². The standard InChI is InChI=1S/C13H18N2O4S/c1-9-7-11(3-4-12(9)13(16)19-2)20(17,18)15-6-5-10(14)8-15/h3-4,7,10H,5-6,8,14H2,1-2H3/t10-/m1/s1. The molecule has 110 valence electrons. The second-order valence-corrected chi connectivity index (χ2v) is 6.82. The third kappa shape index (κ3) is 2.70. The summed E-state index contributed by atoms with van der Waals surface area (Å²) in [4.78, 5) is 11.7. The van der Waals surface area contributed by atoms with Gasteiger partial charge in [0.15, 0.2) is 0 Å². The van der Waals surface area contributed by atoms with Gasteiger partial charge in [0.2, 0.25) is 10.0 Å². The number of methoxy groups -OCH3 is 1. The third-order valence-corrected chi connectivity index (χ3v) is 5.29. The minimum atomic E-state index is -3.54. The zero-order valence-corrected chi connectivity index (χ0v) is 12.3. The van der Waals surface area contributed by atoms with Gasteiger partial charge in [-0.25, -0.2) is 13.2 Å². The Hall–Kier alpha value is -1.44. The minimum absolute atomic E-state index is 0.111. The number of sulfonamides is 1. The van der Waals surface area contributed by atoms with Crippen molar-refractivity contribution in [2.75, 3.05) is 20.2 Å². The average Bonchev–Trinajstić information content (AvgIpc) is 2.85. The van der Waals surface area contributed by atoms with Crippen molar-refractivity contribution in [3.63, 3.8) is 0 Å². The number of esters is 1. The van der Waals surface area contributed by atoms with Crippen LogP contribution in [0.5, 0.6) is 0 Å². The molecule has 0 radical (unpaired) electrons. The maximum Gasteiger partial charge on any atom is 0.338 e. The first-order valence-corrected chi connectivity index (χ1v) is 7.75. The van der Waals surface area contributed by atoms with Gasteiger partial charge in [0.25, 0.3) is 0 Å². The van der Waals surface area contributed by atoms with Gasteiger partial charge in [-0.1, -0.05) is 0 Å². The highest BCUT2D eigenvalue weighted by molar-refractivity contribution is 7.89. The molecule has 1 saturated heterocycles. The van der Waals surface area contributed by atoms with Gasteiger partial charge in [0, 0.05) is 19.1 Å². The van der Waals surface area contributed by atoms with Crippen LogP contribution in [-0.2, 0) is 14.8 Å². The predicted molar refractivity (Wildman–Crippen MR) is 73.9 cm³/mol. The van der Waals surface area contributed by atoms with Crippen LogP contribution in [0.3, 0.4) is 0 Å². The summed E-state index contributed by atoms with van der Waals surface area (Å²) >= 11 is 0. The fourth-order valence-electron chi connectivity index (χ4n) is 2.26. The summed E-state index contributed by atoms with van der Waals surface area (Å²) < 4.78 is 30.9. The Morgan fingerprint density at radius 3 is 2.65 bits per heavy atom. The molecule has 0 aromatic heterocycles. The Morgan fingerprint density at radius 1 is 1.45 bits per heavy atom. The summed E-state index contributed by atoms with van der Waals surface area (Å²) in [6.45, 7) is 2.45. The second-order valence-electron chi connectivity index (χ2n) is 4.88. The number of aryl methyl sites for hydroxylation is 1. The summed E-state index contributed by atoms with van der Waals surface area (Å²) in [5.74, 6) is -0.477. The van der Waals surface area contributed by atoms with Crippen molar-refractivity contribution < 1.29 is 17.9 Å². The lowest BCUT2D eigenvalue weighted by molar-refractivity contribution is 0.0600. The molecule has 2 N–H and O–H groups in total. The number of benzene rings is 1. The summed E-state index contributed by atoms with van der Waals surface area (Å²) in [6.07, 6.45) is 0.665. The summed E-state index contributed by atoms with van der Waals surface area (Å²) in [5, 5.41) is 0. The maximum atomic E-state index is 12.4. The molecular formula is C13H18N2O4S. The first-order valence-electron chi connectivity index (χ1n) is 6.31. The molecule has 1 fully saturated rings. The molecule has 1 aromatic carbocycles. The molecular weight excluding hydrogens is 280 g/mol. The van der Waals surface area contributed by atoms with E-state index in [1.165, 1.54) is 29.6 Å². The summed E-state index contributed by atoms with van der Waals surface area (Å²) in [5.41, 5.74) is 6.68. The molecule has 20 heavy (non-hydrogen) atoms. The molecule has 0 aliphatic carbocycles. The lowest BCUT2D eigenvalue weighted by Gasteiger charge is -2.16. The Labute approximate surface area is 118 Å². The van der Waals surface area contributed by atoms with Crippen LogP contribution < -0.4 is 5.73 Å². The van der Waals surface area contributed by atoms with Crippen molar-refractivity contribution in [1.29, 1.82) is 0 Å². The Bertz CT molecular complexity index is 627. The van der Waals surface area contributed by atoms with E-state index < -0.39 is 16.0 Å². The van der Waals surface area contributed by atoms with Gasteiger partial charge < -0.3 is 10.5 Å². The van der Waals surface area contributed by atoms with Gasteiger partial charge in [-0.2, -0.15) is 4.31 Å². The van der Waals surface area contributed by atoms with E-state index in [4.69, 9.17) is 5.73 Å². The molecule has 0 spiro atoms. The molecule has 6 nitrogen and oxygen atoms in total. The lowest BCUT2D eigenvalue weighted by atomic mass is 10.1. The molecule has 2 rings (SSSR count). The van der Waals surface area contributed by atoms with Gasteiger partial charge in [0.1, 0.15) is 0 Å². The van der Waals surface area contributed by atoms with Gasteiger partial charge in [-0.3, -0.25) is 0 Å². The van der Waals surface area contributed by atoms with Crippen molar-refractivity contribution in [2.45, 2.75) is 24.3 Å². The fraction of sp³-hybridized carbons (Fsp3) is 0.462. The van der Waals surface area contributed by atoms with Crippen LogP contribution in [0.4, 0.5) is 0 Å². The van der Waals surface area contributed by atoms with Crippen LogP contribution in [0.25, 0.3) is 0 Å². The average molecular weight is 298 g/mol. The normalized spacial score (nSPS) is 20.1. The topological polar surface area (TPSA) is 89.7 Å². The smallest absolute Gasteiger partial charge is 0.338 e. The van der Waals surface area contributed by atoms with Crippen molar-refractivity contribution in [3.8, 4) is 0 Å². The number of nitrogens with two attached hydrogens (primary N) is 1. The molecule has 7 heteroatoms. The molecule has 1 aromatic rings. The van der Waals surface area contributed by atoms with E-state index in [1.807, 2.05) is 0 Å². The summed E-state index contributed by atoms with van der Waals surface area (Å²) in [7, 11) is -2.25. The van der Waals surface area contributed by atoms with Crippen LogP contribution in [0.2, 0.25) is 0 Å². The zero-order chi connectivity index (χ0) is 14.9. The lowest BCUT2D eigenvalue weighted by Crippen LogP contribution is -2.32. The molecule has 1 atom stereocenters. The Kier molecular flexibility index (Phi) is 4.12. The van der Waals surface area contributed by atoms with Crippen LogP contribution >= 0.6 is 0 Å². The largest absolute Gasteiger partial charge is 0.465 e. The number of ether oxygens (including phenoxy) is 1. The van der Waals surface area contributed by atoms with Gasteiger partial charge >= 0.3 is 5.97 Å². The van der Waals surface area contributed by atoms with Crippen molar-refractivity contribution in [1.82, 2.24) is 4.31 Å². The molecule has 1 heterocycles. The molecule has 0 unspecified atom stereocenters. The first kappa shape index (κ1) is 15.0. The predicted octanol–water partition coefficient (Wildman–Crippen LogP) is 0.503. The van der Waals surface area contributed by atoms with E-state index in [0.29, 0.717) is 30.6 Å². The maximum absolute atomic E-state index is 12.4. The SMILES string of the molecule is COC(=O)c1ccc(S(=O)(=O)N2CC[C@@H](N)C2)cc1C. The molecule has 1 aliphatic heterocycles. The van der Waals surface area contributed by atoms with Crippen LogP contribution in [0.15, 0.2) is 23.1 Å². The number of carbonyl (C=O) groups excluding carboxylic acids is 1. The van der Waals surface area contributed by atoms with Crippen LogP contribution in [0.1, 0.15) is 22.3 Å². The molecule has 0 bridgehead atoms. The van der Waals surface area contributed by atoms with E-state index in [-0.39, 0.29) is 10.9 Å². The third-order valence-electron chi connectivity index (χ3n) is 3.43. The summed E-state index contributed by atoms with van der Waals surface area (Å²) in [6, 6.07) is 4.29. The fourth-order valence-corrected chi connectivity index (χ4v) is 3.85. The van der Waals surface area contributed by atoms with Gasteiger partial charge in [0.05, 0.1) is 17.6 Å². The Balaban J connectivity index is 2.34. The van der Waals surface area contributed by atoms with Crippen LogP contribution in [0, 0.1) is 6.92 Å². The van der Waals surface area contributed by atoms with E-state index in [9.17, 15) is 13.2 Å². The zero-order valence-electron chi connectivity index (χ0n) is 11.5. The van der Waals surface area contributed by atoms with Crippen molar-refractivity contribution in [2.24, 2.45) is 5.73 Å². The number of rotatable bonds is 3. The van der Waals surface area contributed by atoms with Gasteiger partial charge in [-0.15, -0.1) is 0 Å². The molecule has 0 saturated carbocycles. The van der Waals surface area contributed by atoms with Gasteiger partial charge in [-0.05, 0) is 37.1 Å². The van der Waals surface area contributed by atoms with Crippen molar-refractivity contribution >= 4 is 16.0 Å². The number of hydrogen-bond donors (Lipinski definition) is 1. The molecule has 1 aliphatic rings. The monoisotopic (exact) mass is 298 g/mol. The van der Waals surface area contributed by atoms with E-state index >= 15 is 0 Å². The first-order chi connectivity index (χ1) is 9.36. The van der Waals surface area contributed by atoms with E-state index in [2.05, 4.69) is 4.74 Å². The number of hydrogen-bond acceptors (Lipinski definition) is 5.